The average molecular weight is 770 g/mol. The van der Waals surface area contributed by atoms with Crippen LogP contribution in [0.1, 0.15) is 146 Å². The predicted molar refractivity (Wildman–Crippen MR) is 252 cm³/mol. The van der Waals surface area contributed by atoms with Crippen molar-refractivity contribution in [2.45, 2.75) is 107 Å². The SMILES string of the molecule is C1=CCC(c2ccc(C3CCCC(c4ccc(C5=CC=C(CCC(C6=CCCC=C6)c6ccccc6)CC5)cc4)N=C(c4ccc(C5=CCCC=C5)cc4)C3)cc2)C=C1. The number of rotatable bonds is 11. The zero-order valence-electron chi connectivity index (χ0n) is 34.7. The summed E-state index contributed by atoms with van der Waals surface area (Å²) < 4.78 is 0. The molecule has 296 valence electrons. The molecule has 0 aromatic heterocycles. The van der Waals surface area contributed by atoms with Crippen molar-refractivity contribution in [3.63, 3.8) is 0 Å². The van der Waals surface area contributed by atoms with Gasteiger partial charge in [-0.05, 0) is 139 Å². The molecule has 4 aromatic rings. The van der Waals surface area contributed by atoms with Crippen LogP contribution in [0, 0.1) is 0 Å². The van der Waals surface area contributed by atoms with E-state index >= 15 is 0 Å². The van der Waals surface area contributed by atoms with Crippen molar-refractivity contribution in [3.05, 3.63) is 226 Å². The van der Waals surface area contributed by atoms with E-state index in [0.717, 1.165) is 64.2 Å². The Labute approximate surface area is 353 Å². The minimum Gasteiger partial charge on any atom is -0.281 e. The van der Waals surface area contributed by atoms with Crippen molar-refractivity contribution < 1.29 is 0 Å². The summed E-state index contributed by atoms with van der Waals surface area (Å²) in [7, 11) is 0. The molecule has 0 fully saturated rings. The minimum atomic E-state index is 0.163. The van der Waals surface area contributed by atoms with Gasteiger partial charge in [-0.2, -0.15) is 0 Å². The van der Waals surface area contributed by atoms with E-state index in [1.54, 1.807) is 5.57 Å². The highest BCUT2D eigenvalue weighted by Gasteiger charge is 2.24. The summed E-state index contributed by atoms with van der Waals surface area (Å²) in [6.45, 7) is 0. The number of allylic oxidation sites excluding steroid dienone is 16. The summed E-state index contributed by atoms with van der Waals surface area (Å²) in [5.41, 5.74) is 16.7. The largest absolute Gasteiger partial charge is 0.281 e. The highest BCUT2D eigenvalue weighted by Crippen LogP contribution is 2.39. The van der Waals surface area contributed by atoms with Gasteiger partial charge in [0.25, 0.3) is 0 Å². The summed E-state index contributed by atoms with van der Waals surface area (Å²) in [6.07, 6.45) is 42.5. The van der Waals surface area contributed by atoms with Crippen LogP contribution in [0.25, 0.3) is 11.1 Å². The first-order valence-corrected chi connectivity index (χ1v) is 22.6. The molecule has 1 heterocycles. The number of nitrogens with zero attached hydrogens (tertiary/aromatic N) is 1. The Bertz CT molecular complexity index is 2330. The molecule has 5 aliphatic rings. The number of hydrogen-bond acceptors (Lipinski definition) is 1. The molecule has 0 saturated carbocycles. The first-order chi connectivity index (χ1) is 29.2. The Kier molecular flexibility index (Phi) is 12.6. The quantitative estimate of drug-likeness (QED) is 0.144. The third kappa shape index (κ3) is 9.69. The van der Waals surface area contributed by atoms with E-state index in [9.17, 15) is 0 Å². The van der Waals surface area contributed by atoms with Crippen molar-refractivity contribution in [2.24, 2.45) is 4.99 Å². The van der Waals surface area contributed by atoms with Gasteiger partial charge in [0.15, 0.2) is 0 Å². The van der Waals surface area contributed by atoms with Crippen molar-refractivity contribution in [1.29, 1.82) is 0 Å². The van der Waals surface area contributed by atoms with E-state index in [4.69, 9.17) is 4.99 Å². The topological polar surface area (TPSA) is 12.4 Å². The van der Waals surface area contributed by atoms with Crippen LogP contribution in [0.4, 0.5) is 0 Å². The average Bonchev–Trinajstić information content (AvgIpc) is 3.31. The molecule has 0 amide bonds. The molecule has 0 N–H and O–H groups in total. The third-order valence-electron chi connectivity index (χ3n) is 13.4. The van der Waals surface area contributed by atoms with Gasteiger partial charge in [-0.25, -0.2) is 0 Å². The molecule has 1 nitrogen and oxygen atoms in total. The van der Waals surface area contributed by atoms with Crippen LogP contribution >= 0.6 is 0 Å². The first kappa shape index (κ1) is 39.0. The van der Waals surface area contributed by atoms with Crippen LogP contribution in [0.2, 0.25) is 0 Å². The predicted octanol–water partition coefficient (Wildman–Crippen LogP) is 15.9. The van der Waals surface area contributed by atoms with Crippen LogP contribution in [-0.2, 0) is 0 Å². The summed E-state index contributed by atoms with van der Waals surface area (Å²) in [6, 6.07) is 39.6. The summed E-state index contributed by atoms with van der Waals surface area (Å²) in [5.74, 6) is 1.41. The molecule has 4 atom stereocenters. The molecule has 1 aliphatic heterocycles. The molecule has 4 unspecified atom stereocenters. The fraction of sp³-hybridized carbons (Fsp3) is 0.293. The minimum absolute atomic E-state index is 0.163. The molecular weight excluding hydrogens is 711 g/mol. The van der Waals surface area contributed by atoms with Gasteiger partial charge >= 0.3 is 0 Å². The van der Waals surface area contributed by atoms with Crippen LogP contribution in [0.15, 0.2) is 192 Å². The van der Waals surface area contributed by atoms with Crippen LogP contribution < -0.4 is 0 Å². The van der Waals surface area contributed by atoms with Crippen molar-refractivity contribution in [1.82, 2.24) is 0 Å². The summed E-state index contributed by atoms with van der Waals surface area (Å²) in [4.78, 5) is 5.67. The molecule has 4 aromatic carbocycles. The molecule has 0 saturated heterocycles. The lowest BCUT2D eigenvalue weighted by Crippen LogP contribution is -2.15. The van der Waals surface area contributed by atoms with Crippen LogP contribution in [-0.4, -0.2) is 5.71 Å². The van der Waals surface area contributed by atoms with Gasteiger partial charge in [-0.3, -0.25) is 4.99 Å². The van der Waals surface area contributed by atoms with Gasteiger partial charge < -0.3 is 0 Å². The van der Waals surface area contributed by atoms with Crippen molar-refractivity contribution >= 4 is 16.9 Å². The lowest BCUT2D eigenvalue weighted by Gasteiger charge is -2.26. The second kappa shape index (κ2) is 19.0. The Morgan fingerprint density at radius 1 is 0.610 bits per heavy atom. The maximum absolute atomic E-state index is 5.67. The highest BCUT2D eigenvalue weighted by molar-refractivity contribution is 6.01. The second-order valence-corrected chi connectivity index (χ2v) is 17.3. The zero-order chi connectivity index (χ0) is 39.6. The van der Waals surface area contributed by atoms with Gasteiger partial charge in [-0.15, -0.1) is 0 Å². The fourth-order valence-corrected chi connectivity index (χ4v) is 9.92. The molecular formula is C58H59N. The number of benzene rings is 4. The van der Waals surface area contributed by atoms with Crippen molar-refractivity contribution in [3.8, 4) is 0 Å². The lowest BCUT2D eigenvalue weighted by molar-refractivity contribution is 0.521. The first-order valence-electron chi connectivity index (χ1n) is 22.6. The lowest BCUT2D eigenvalue weighted by atomic mass is 9.82. The molecule has 4 aliphatic carbocycles. The Hall–Kier alpha value is -5.53. The maximum Gasteiger partial charge on any atom is 0.0752 e. The molecule has 59 heavy (non-hydrogen) atoms. The van der Waals surface area contributed by atoms with E-state index in [1.165, 1.54) is 80.6 Å². The van der Waals surface area contributed by atoms with E-state index in [0.29, 0.717) is 17.8 Å². The van der Waals surface area contributed by atoms with Gasteiger partial charge in [0.2, 0.25) is 0 Å². The van der Waals surface area contributed by atoms with E-state index in [2.05, 4.69) is 176 Å². The zero-order valence-corrected chi connectivity index (χ0v) is 34.7. The normalized spacial score (nSPS) is 22.3. The van der Waals surface area contributed by atoms with Crippen LogP contribution in [0.5, 0.6) is 0 Å². The molecule has 0 bridgehead atoms. The monoisotopic (exact) mass is 769 g/mol. The summed E-state index contributed by atoms with van der Waals surface area (Å²) >= 11 is 0. The molecule has 1 heteroatoms. The molecule has 0 spiro atoms. The van der Waals surface area contributed by atoms with Gasteiger partial charge in [-0.1, -0.05) is 188 Å². The standard InChI is InChI=1S/C58H59N/c1-5-14-44(15-6-1)47-29-31-50(32-30-47)55-22-13-23-57(59-58(42-55)54-39-35-48(36-40-54)45-16-7-2-8-17-45)53-37-33-49(34-38-53)46-27-24-43(25-28-46)26-41-56(51-18-9-3-10-19-51)52-20-11-4-12-21-52/h1,3,5-7,9-11,14,16-21,24,27,29-40,44,55-57H,2,4,8,12-13,15,22-23,25-26,28,41-42H2. The molecule has 0 radical (unpaired) electrons. The van der Waals surface area contributed by atoms with E-state index in [1.807, 2.05) is 0 Å². The number of aliphatic imine (C=N–C) groups is 1. The van der Waals surface area contributed by atoms with Gasteiger partial charge in [0, 0.05) is 17.5 Å². The smallest absolute Gasteiger partial charge is 0.0752 e. The number of hydrogen-bond donors (Lipinski definition) is 0. The van der Waals surface area contributed by atoms with E-state index in [-0.39, 0.29) is 6.04 Å². The summed E-state index contributed by atoms with van der Waals surface area (Å²) in [5, 5.41) is 0. The van der Waals surface area contributed by atoms with Gasteiger partial charge in [0.05, 0.1) is 6.04 Å². The van der Waals surface area contributed by atoms with Gasteiger partial charge in [0.1, 0.15) is 0 Å². The Morgan fingerprint density at radius 2 is 1.36 bits per heavy atom. The van der Waals surface area contributed by atoms with E-state index < -0.39 is 0 Å². The third-order valence-corrected chi connectivity index (χ3v) is 13.4. The molecule has 9 rings (SSSR count). The van der Waals surface area contributed by atoms with Crippen molar-refractivity contribution in [2.75, 3.05) is 0 Å². The van der Waals surface area contributed by atoms with Crippen LogP contribution in [0.3, 0.4) is 0 Å². The maximum atomic E-state index is 5.67. The Balaban J connectivity index is 0.919. The fourth-order valence-electron chi connectivity index (χ4n) is 9.92. The second-order valence-electron chi connectivity index (χ2n) is 17.3. The highest BCUT2D eigenvalue weighted by atomic mass is 14.8. The Morgan fingerprint density at radius 3 is 2.07 bits per heavy atom.